The summed E-state index contributed by atoms with van der Waals surface area (Å²) in [7, 11) is 0. The minimum atomic E-state index is -0.472. The number of alkyl carbamates (subject to hydrolysis) is 1. The zero-order valence-electron chi connectivity index (χ0n) is 13.3. The van der Waals surface area contributed by atoms with Gasteiger partial charge >= 0.3 is 6.09 Å². The van der Waals surface area contributed by atoms with Crippen LogP contribution in [0.2, 0.25) is 4.34 Å². The number of ether oxygens (including phenoxy) is 1. The predicted octanol–water partition coefficient (Wildman–Crippen LogP) is 4.36. The van der Waals surface area contributed by atoms with Gasteiger partial charge in [0.15, 0.2) is 0 Å². The number of carbonyl (C=O) groups is 1. The number of amides is 1. The number of carbonyl (C=O) groups excluding carboxylic acids is 1. The monoisotopic (exact) mass is 332 g/mol. The summed E-state index contributed by atoms with van der Waals surface area (Å²) in [4.78, 5) is 11.7. The zero-order valence-corrected chi connectivity index (χ0v) is 14.9. The molecule has 2 atom stereocenters. The molecule has 0 aliphatic heterocycles. The van der Waals surface area contributed by atoms with Crippen LogP contribution in [-0.2, 0) is 4.74 Å². The third kappa shape index (κ3) is 7.16. The van der Waals surface area contributed by atoms with E-state index in [0.29, 0.717) is 6.54 Å². The molecule has 0 aliphatic rings. The fourth-order valence-electron chi connectivity index (χ4n) is 1.84. The molecule has 1 aromatic heterocycles. The quantitative estimate of drug-likeness (QED) is 0.814. The van der Waals surface area contributed by atoms with Crippen molar-refractivity contribution in [1.82, 2.24) is 10.6 Å². The van der Waals surface area contributed by atoms with Gasteiger partial charge in [0.05, 0.1) is 4.34 Å². The molecule has 0 aliphatic carbocycles. The first-order valence-electron chi connectivity index (χ1n) is 7.18. The van der Waals surface area contributed by atoms with Gasteiger partial charge in [0.1, 0.15) is 5.60 Å². The van der Waals surface area contributed by atoms with Gasteiger partial charge in [-0.15, -0.1) is 11.3 Å². The van der Waals surface area contributed by atoms with Gasteiger partial charge in [0, 0.05) is 18.6 Å². The molecule has 0 radical (unpaired) electrons. The number of hydrogen-bond acceptors (Lipinski definition) is 4. The second kappa shape index (κ2) is 8.01. The molecule has 0 aromatic carbocycles. The molecule has 1 amide bonds. The van der Waals surface area contributed by atoms with Crippen LogP contribution in [0, 0.1) is 0 Å². The van der Waals surface area contributed by atoms with Gasteiger partial charge in [-0.3, -0.25) is 0 Å². The Balaban J connectivity index is 2.43. The maximum Gasteiger partial charge on any atom is 0.407 e. The van der Waals surface area contributed by atoms with Crippen LogP contribution in [0.5, 0.6) is 0 Å². The summed E-state index contributed by atoms with van der Waals surface area (Å²) >= 11 is 7.48. The first-order chi connectivity index (χ1) is 9.71. The first kappa shape index (κ1) is 18.3. The molecule has 1 rings (SSSR count). The summed E-state index contributed by atoms with van der Waals surface area (Å²) in [5.74, 6) is 0. The lowest BCUT2D eigenvalue weighted by Gasteiger charge is -2.24. The molecule has 6 heteroatoms. The highest BCUT2D eigenvalue weighted by atomic mass is 35.5. The van der Waals surface area contributed by atoms with Crippen molar-refractivity contribution in [2.75, 3.05) is 6.54 Å². The highest BCUT2D eigenvalue weighted by Gasteiger charge is 2.18. The highest BCUT2D eigenvalue weighted by molar-refractivity contribution is 7.14. The van der Waals surface area contributed by atoms with Gasteiger partial charge in [-0.05, 0) is 51.1 Å². The van der Waals surface area contributed by atoms with E-state index in [-0.39, 0.29) is 18.2 Å². The third-order valence-electron chi connectivity index (χ3n) is 2.96. The van der Waals surface area contributed by atoms with E-state index in [4.69, 9.17) is 16.3 Å². The lowest BCUT2D eigenvalue weighted by molar-refractivity contribution is 0.0521. The van der Waals surface area contributed by atoms with Crippen molar-refractivity contribution < 1.29 is 9.53 Å². The Hall–Kier alpha value is -0.780. The number of hydrogen-bond donors (Lipinski definition) is 2. The lowest BCUT2D eigenvalue weighted by atomic mass is 10.1. The first-order valence-corrected chi connectivity index (χ1v) is 8.44. The molecule has 0 bridgehead atoms. The van der Waals surface area contributed by atoms with Gasteiger partial charge in [0.2, 0.25) is 0 Å². The van der Waals surface area contributed by atoms with E-state index >= 15 is 0 Å². The van der Waals surface area contributed by atoms with E-state index in [0.717, 1.165) is 10.8 Å². The zero-order chi connectivity index (χ0) is 16.0. The summed E-state index contributed by atoms with van der Waals surface area (Å²) in [5.41, 5.74) is 0.695. The molecule has 0 spiro atoms. The molecule has 21 heavy (non-hydrogen) atoms. The molecule has 2 N–H and O–H groups in total. The summed E-state index contributed by atoms with van der Waals surface area (Å²) in [6.45, 7) is 10.3. The molecule has 4 nitrogen and oxygen atoms in total. The maximum absolute atomic E-state index is 11.7. The topological polar surface area (TPSA) is 50.4 Å². The van der Waals surface area contributed by atoms with Crippen molar-refractivity contribution >= 4 is 29.0 Å². The summed E-state index contributed by atoms with van der Waals surface area (Å²) < 4.78 is 6.02. The van der Waals surface area contributed by atoms with Crippen molar-refractivity contribution in [2.24, 2.45) is 0 Å². The molecule has 0 fully saturated rings. The van der Waals surface area contributed by atoms with Crippen molar-refractivity contribution in [1.29, 1.82) is 0 Å². The fraction of sp³-hybridized carbons (Fsp3) is 0.667. The normalized spacial score (nSPS) is 14.6. The van der Waals surface area contributed by atoms with Crippen LogP contribution in [0.4, 0.5) is 4.79 Å². The molecule has 1 aromatic rings. The van der Waals surface area contributed by atoms with Crippen molar-refractivity contribution in [3.8, 4) is 0 Å². The summed E-state index contributed by atoms with van der Waals surface area (Å²) in [5, 5.41) is 8.35. The van der Waals surface area contributed by atoms with Crippen molar-refractivity contribution in [2.45, 2.75) is 58.7 Å². The Morgan fingerprint density at radius 1 is 1.48 bits per heavy atom. The fourth-order valence-corrected chi connectivity index (χ4v) is 2.83. The predicted molar refractivity (Wildman–Crippen MR) is 89.2 cm³/mol. The van der Waals surface area contributed by atoms with E-state index in [2.05, 4.69) is 24.5 Å². The average Bonchev–Trinajstić information content (AvgIpc) is 2.79. The van der Waals surface area contributed by atoms with Gasteiger partial charge in [0.25, 0.3) is 0 Å². The Bertz CT molecular complexity index is 457. The van der Waals surface area contributed by atoms with Gasteiger partial charge in [-0.2, -0.15) is 0 Å². The molecule has 0 saturated heterocycles. The smallest absolute Gasteiger partial charge is 0.407 e. The van der Waals surface area contributed by atoms with Gasteiger partial charge in [-0.1, -0.05) is 18.5 Å². The molecule has 120 valence electrons. The standard InChI is InChI=1S/C15H25ClN2O2S/c1-6-12(8-17-14(19)20-15(3,4)5)18-10(2)11-7-13(16)21-9-11/h7,9-10,12,18H,6,8H2,1-5H3,(H,17,19). The Labute approximate surface area is 136 Å². The van der Waals surface area contributed by atoms with E-state index in [1.165, 1.54) is 16.9 Å². The number of rotatable bonds is 6. The minimum absolute atomic E-state index is 0.186. The number of thiophene rings is 1. The van der Waals surface area contributed by atoms with Crippen LogP contribution in [0.1, 0.15) is 52.6 Å². The second-order valence-corrected chi connectivity index (χ2v) is 7.60. The number of halogens is 1. The van der Waals surface area contributed by atoms with E-state index in [1.54, 1.807) is 0 Å². The van der Waals surface area contributed by atoms with Crippen molar-refractivity contribution in [3.05, 3.63) is 21.3 Å². The van der Waals surface area contributed by atoms with Crippen LogP contribution in [0.3, 0.4) is 0 Å². The highest BCUT2D eigenvalue weighted by Crippen LogP contribution is 2.25. The van der Waals surface area contributed by atoms with Crippen LogP contribution < -0.4 is 10.6 Å². The van der Waals surface area contributed by atoms with E-state index in [1.807, 2.05) is 32.2 Å². The van der Waals surface area contributed by atoms with Crippen LogP contribution in [-0.4, -0.2) is 24.3 Å². The Morgan fingerprint density at radius 2 is 2.14 bits per heavy atom. The van der Waals surface area contributed by atoms with E-state index < -0.39 is 5.60 Å². The molecule has 2 unspecified atom stereocenters. The van der Waals surface area contributed by atoms with E-state index in [9.17, 15) is 4.79 Å². The molecule has 1 heterocycles. The maximum atomic E-state index is 11.7. The molecule has 0 saturated carbocycles. The summed E-state index contributed by atoms with van der Waals surface area (Å²) in [6, 6.07) is 2.35. The second-order valence-electron chi connectivity index (χ2n) is 6.06. The lowest BCUT2D eigenvalue weighted by Crippen LogP contribution is -2.43. The Kier molecular flexibility index (Phi) is 6.97. The van der Waals surface area contributed by atoms with Gasteiger partial charge < -0.3 is 15.4 Å². The average molecular weight is 333 g/mol. The number of nitrogens with one attached hydrogen (secondary N) is 2. The third-order valence-corrected chi connectivity index (χ3v) is 4.07. The largest absolute Gasteiger partial charge is 0.444 e. The Morgan fingerprint density at radius 3 is 2.62 bits per heavy atom. The molecular formula is C15H25ClN2O2S. The summed E-state index contributed by atoms with van der Waals surface area (Å²) in [6.07, 6.45) is 0.534. The molecular weight excluding hydrogens is 308 g/mol. The van der Waals surface area contributed by atoms with Crippen molar-refractivity contribution in [3.63, 3.8) is 0 Å². The van der Waals surface area contributed by atoms with Crippen LogP contribution in [0.15, 0.2) is 11.4 Å². The minimum Gasteiger partial charge on any atom is -0.444 e. The van der Waals surface area contributed by atoms with Crippen LogP contribution in [0.25, 0.3) is 0 Å². The van der Waals surface area contributed by atoms with Gasteiger partial charge in [-0.25, -0.2) is 4.79 Å². The SMILES string of the molecule is CCC(CNC(=O)OC(C)(C)C)NC(C)c1csc(Cl)c1. The van der Waals surface area contributed by atoms with Crippen LogP contribution >= 0.6 is 22.9 Å².